The van der Waals surface area contributed by atoms with E-state index in [1.54, 1.807) is 0 Å². The van der Waals surface area contributed by atoms with Gasteiger partial charge in [-0.1, -0.05) is 97.1 Å². The smallest absolute Gasteiger partial charge is 0.164 e. The van der Waals surface area contributed by atoms with E-state index < -0.39 is 0 Å². The Kier molecular flexibility index (Phi) is 7.20. The van der Waals surface area contributed by atoms with E-state index in [1.807, 2.05) is 24.4 Å². The average Bonchev–Trinajstić information content (AvgIpc) is 3.17. The van der Waals surface area contributed by atoms with Gasteiger partial charge in [0.15, 0.2) is 17.5 Å². The van der Waals surface area contributed by atoms with E-state index in [4.69, 9.17) is 19.9 Å². The molecule has 2 heterocycles. The van der Waals surface area contributed by atoms with Crippen molar-refractivity contribution in [2.24, 2.45) is 4.99 Å². The molecule has 0 bridgehead atoms. The van der Waals surface area contributed by atoms with Gasteiger partial charge in [0.05, 0.1) is 5.69 Å². The zero-order valence-electron chi connectivity index (χ0n) is 26.7. The Bertz CT molecular complexity index is 2340. The maximum absolute atomic E-state index is 5.19. The van der Waals surface area contributed by atoms with Crippen LogP contribution in [0.4, 0.5) is 5.69 Å². The molecule has 6 aromatic rings. The molecule has 2 aliphatic carbocycles. The number of fused-ring (bicyclic) bond motifs is 4. The second kappa shape index (κ2) is 12.1. The van der Waals surface area contributed by atoms with Gasteiger partial charge in [-0.15, -0.1) is 0 Å². The standard InChI is InChI=1S/C44H34N4/c1-3-13-29(14-4-1)42-46-43(30-15-5-2-6-16-30)48-44(47-42)34-26-32(36-21-11-23-41-39(36)22-12-24-45-41)25-33(27-34)40-28-31-17-7-8-18-35(31)37-19-9-10-20-38(37)40/h1-5,7-9,11,13-15,17-19,21,23-28H,6,10,12,16,20,22H2. The van der Waals surface area contributed by atoms with Gasteiger partial charge in [-0.3, -0.25) is 4.99 Å². The molecule has 1 aromatic heterocycles. The molecule has 0 saturated carbocycles. The molecule has 0 radical (unpaired) electrons. The zero-order chi connectivity index (χ0) is 31.9. The summed E-state index contributed by atoms with van der Waals surface area (Å²) >= 11 is 0. The highest BCUT2D eigenvalue weighted by atomic mass is 15.0. The normalized spacial score (nSPS) is 14.9. The van der Waals surface area contributed by atoms with Crippen molar-refractivity contribution in [2.75, 3.05) is 0 Å². The van der Waals surface area contributed by atoms with Crippen LogP contribution in [-0.4, -0.2) is 21.2 Å². The van der Waals surface area contributed by atoms with E-state index in [9.17, 15) is 0 Å². The third-order valence-corrected chi connectivity index (χ3v) is 9.73. The van der Waals surface area contributed by atoms with Crippen molar-refractivity contribution in [3.05, 3.63) is 144 Å². The SMILES string of the molecule is C1=CCCC(c2nc(-c3ccccc3)nc(-c3cc(-c4cccc5c4CCC=N5)cc(-c4cc5ccccc5c5c4CCC=C5)c3)n2)=C1. The summed E-state index contributed by atoms with van der Waals surface area (Å²) in [6, 6.07) is 34.8. The molecule has 48 heavy (non-hydrogen) atoms. The minimum atomic E-state index is 0.690. The molecule has 9 rings (SSSR count). The Morgan fingerprint density at radius 2 is 1.27 bits per heavy atom. The average molecular weight is 619 g/mol. The molecule has 230 valence electrons. The molecule has 0 fully saturated rings. The Balaban J connectivity index is 1.31. The van der Waals surface area contributed by atoms with Gasteiger partial charge in [-0.05, 0) is 124 Å². The maximum Gasteiger partial charge on any atom is 0.164 e. The molecule has 0 saturated heterocycles. The first-order chi connectivity index (χ1) is 23.8. The van der Waals surface area contributed by atoms with Crippen molar-refractivity contribution >= 4 is 34.3 Å². The highest BCUT2D eigenvalue weighted by molar-refractivity contribution is 5.98. The Morgan fingerprint density at radius 1 is 0.521 bits per heavy atom. The predicted octanol–water partition coefficient (Wildman–Crippen LogP) is 11.0. The summed E-state index contributed by atoms with van der Waals surface area (Å²) < 4.78 is 0. The lowest BCUT2D eigenvalue weighted by Crippen LogP contribution is -2.04. The first-order valence-corrected chi connectivity index (χ1v) is 17.0. The van der Waals surface area contributed by atoms with Crippen LogP contribution >= 0.6 is 0 Å². The highest BCUT2D eigenvalue weighted by Crippen LogP contribution is 2.42. The van der Waals surface area contributed by atoms with Crippen LogP contribution in [-0.2, 0) is 12.8 Å². The topological polar surface area (TPSA) is 51.0 Å². The Labute approximate surface area is 281 Å². The van der Waals surface area contributed by atoms with Crippen LogP contribution in [0, 0.1) is 0 Å². The summed E-state index contributed by atoms with van der Waals surface area (Å²) in [5.41, 5.74) is 13.0. The lowest BCUT2D eigenvalue weighted by molar-refractivity contribution is 0.977. The van der Waals surface area contributed by atoms with Gasteiger partial charge in [0.2, 0.25) is 0 Å². The lowest BCUT2D eigenvalue weighted by atomic mass is 9.84. The van der Waals surface area contributed by atoms with E-state index in [-0.39, 0.29) is 0 Å². The summed E-state index contributed by atoms with van der Waals surface area (Å²) in [6.07, 6.45) is 19.0. The first-order valence-electron chi connectivity index (χ1n) is 17.0. The second-order valence-corrected chi connectivity index (χ2v) is 12.8. The molecule has 3 aliphatic rings. The van der Waals surface area contributed by atoms with Crippen molar-refractivity contribution < 1.29 is 0 Å². The molecular weight excluding hydrogens is 585 g/mol. The fourth-order valence-corrected chi connectivity index (χ4v) is 7.39. The van der Waals surface area contributed by atoms with Crippen LogP contribution in [0.5, 0.6) is 0 Å². The third-order valence-electron chi connectivity index (χ3n) is 9.73. The van der Waals surface area contributed by atoms with Gasteiger partial charge in [0, 0.05) is 17.3 Å². The maximum atomic E-state index is 5.19. The van der Waals surface area contributed by atoms with Gasteiger partial charge in [-0.2, -0.15) is 0 Å². The van der Waals surface area contributed by atoms with Crippen LogP contribution < -0.4 is 0 Å². The van der Waals surface area contributed by atoms with E-state index in [1.165, 1.54) is 44.2 Å². The van der Waals surface area contributed by atoms with Gasteiger partial charge in [-0.25, -0.2) is 15.0 Å². The van der Waals surface area contributed by atoms with Crippen molar-refractivity contribution in [2.45, 2.75) is 38.5 Å². The summed E-state index contributed by atoms with van der Waals surface area (Å²) in [4.78, 5) is 20.1. The van der Waals surface area contributed by atoms with Gasteiger partial charge in [0.1, 0.15) is 0 Å². The molecule has 5 aromatic carbocycles. The Morgan fingerprint density at radius 3 is 2.15 bits per heavy atom. The molecule has 4 heteroatoms. The number of aromatic nitrogens is 3. The fourth-order valence-electron chi connectivity index (χ4n) is 7.39. The van der Waals surface area contributed by atoms with Crippen molar-refractivity contribution in [1.29, 1.82) is 0 Å². The van der Waals surface area contributed by atoms with Crippen LogP contribution in [0.3, 0.4) is 0 Å². The van der Waals surface area contributed by atoms with Crippen molar-refractivity contribution in [1.82, 2.24) is 15.0 Å². The van der Waals surface area contributed by atoms with Crippen LogP contribution in [0.1, 0.15) is 48.2 Å². The molecule has 0 N–H and O–H groups in total. The Hall–Kier alpha value is -5.74. The molecule has 0 spiro atoms. The predicted molar refractivity (Wildman–Crippen MR) is 199 cm³/mol. The monoisotopic (exact) mass is 618 g/mol. The molecule has 4 nitrogen and oxygen atoms in total. The van der Waals surface area contributed by atoms with E-state index in [0.29, 0.717) is 11.6 Å². The minimum absolute atomic E-state index is 0.690. The zero-order valence-corrected chi connectivity index (χ0v) is 26.7. The fraction of sp³-hybridized carbons (Fsp3) is 0.136. The van der Waals surface area contributed by atoms with Crippen LogP contribution in [0.2, 0.25) is 0 Å². The van der Waals surface area contributed by atoms with E-state index >= 15 is 0 Å². The summed E-state index contributed by atoms with van der Waals surface area (Å²) in [7, 11) is 0. The molecule has 1 aliphatic heterocycles. The van der Waals surface area contributed by atoms with Gasteiger partial charge < -0.3 is 0 Å². The summed E-state index contributed by atoms with van der Waals surface area (Å²) in [6.45, 7) is 0. The first kappa shape index (κ1) is 28.5. The molecule has 0 atom stereocenters. The largest absolute Gasteiger partial charge is 0.261 e. The number of hydrogen-bond donors (Lipinski definition) is 0. The van der Waals surface area contributed by atoms with E-state index in [0.717, 1.165) is 72.3 Å². The minimum Gasteiger partial charge on any atom is -0.261 e. The quantitative estimate of drug-likeness (QED) is 0.193. The summed E-state index contributed by atoms with van der Waals surface area (Å²) in [5, 5.41) is 2.56. The molecular formula is C44H34N4. The second-order valence-electron chi connectivity index (χ2n) is 12.8. The number of benzene rings is 5. The number of hydrogen-bond acceptors (Lipinski definition) is 4. The van der Waals surface area contributed by atoms with Crippen LogP contribution in [0.25, 0.3) is 67.5 Å². The van der Waals surface area contributed by atoms with Crippen molar-refractivity contribution in [3.8, 4) is 45.0 Å². The van der Waals surface area contributed by atoms with Crippen LogP contribution in [0.15, 0.2) is 126 Å². The lowest BCUT2D eigenvalue weighted by Gasteiger charge is -2.21. The number of allylic oxidation sites excluding steroid dienone is 5. The summed E-state index contributed by atoms with van der Waals surface area (Å²) in [5.74, 6) is 2.13. The highest BCUT2D eigenvalue weighted by Gasteiger charge is 2.21. The number of nitrogens with zero attached hydrogens (tertiary/aromatic N) is 4. The number of rotatable bonds is 5. The van der Waals surface area contributed by atoms with E-state index in [2.05, 4.69) is 109 Å². The molecule has 0 amide bonds. The molecule has 0 unspecified atom stereocenters. The van der Waals surface area contributed by atoms with Gasteiger partial charge in [0.25, 0.3) is 0 Å². The van der Waals surface area contributed by atoms with Crippen molar-refractivity contribution in [3.63, 3.8) is 0 Å². The number of aliphatic imine (C=N–C) groups is 1. The third kappa shape index (κ3) is 5.20. The van der Waals surface area contributed by atoms with Gasteiger partial charge >= 0.3 is 0 Å².